The Morgan fingerprint density at radius 1 is 1.41 bits per heavy atom. The minimum atomic E-state index is -0.0129. The zero-order valence-corrected chi connectivity index (χ0v) is 15.1. The van der Waals surface area contributed by atoms with E-state index >= 15 is 0 Å². The van der Waals surface area contributed by atoms with E-state index in [1.165, 1.54) is 11.3 Å². The number of carbonyl (C=O) groups is 2. The molecule has 1 aromatic rings. The Balaban J connectivity index is 1.71. The highest BCUT2D eigenvalue weighted by Gasteiger charge is 2.22. The maximum atomic E-state index is 12.1. The van der Waals surface area contributed by atoms with E-state index < -0.39 is 0 Å². The van der Waals surface area contributed by atoms with Crippen LogP contribution in [0, 0.1) is 0 Å². The molecule has 0 aromatic carbocycles. The lowest BCUT2D eigenvalue weighted by Crippen LogP contribution is -2.47. The molecule has 1 fully saturated rings. The Morgan fingerprint density at radius 3 is 2.73 bits per heavy atom. The summed E-state index contributed by atoms with van der Waals surface area (Å²) in [7, 11) is 0. The molecule has 2 heterocycles. The lowest BCUT2D eigenvalue weighted by atomic mass is 10.0. The fraction of sp³-hybridized carbons (Fsp3) is 0.600. The Kier molecular flexibility index (Phi) is 6.85. The Morgan fingerprint density at radius 2 is 2.14 bits per heavy atom. The van der Waals surface area contributed by atoms with Gasteiger partial charge in [0.1, 0.15) is 0 Å². The van der Waals surface area contributed by atoms with Crippen molar-refractivity contribution >= 4 is 39.1 Å². The zero-order chi connectivity index (χ0) is 15.9. The first-order valence-electron chi connectivity index (χ1n) is 7.62. The van der Waals surface area contributed by atoms with Crippen LogP contribution in [0.5, 0.6) is 0 Å². The lowest BCUT2D eigenvalue weighted by Gasteiger charge is -2.31. The van der Waals surface area contributed by atoms with Crippen molar-refractivity contribution in [3.05, 3.63) is 20.8 Å². The number of nitrogens with zero attached hydrogens (tertiary/aromatic N) is 1. The largest absolute Gasteiger partial charge is 0.355 e. The van der Waals surface area contributed by atoms with Crippen LogP contribution in [0.25, 0.3) is 0 Å². The summed E-state index contributed by atoms with van der Waals surface area (Å²) in [4.78, 5) is 25.9. The molecule has 2 rings (SSSR count). The number of halogens is 1. The number of carbonyl (C=O) groups excluding carboxylic acids is 2. The summed E-state index contributed by atoms with van der Waals surface area (Å²) in [5.41, 5.74) is 0.707. The molecule has 5 nitrogen and oxygen atoms in total. The molecule has 0 saturated carbocycles. The highest BCUT2D eigenvalue weighted by atomic mass is 79.9. The van der Waals surface area contributed by atoms with Gasteiger partial charge in [0.2, 0.25) is 5.91 Å². The third-order valence-electron chi connectivity index (χ3n) is 3.69. The first-order valence-corrected chi connectivity index (χ1v) is 9.29. The fourth-order valence-corrected chi connectivity index (χ4v) is 3.59. The summed E-state index contributed by atoms with van der Waals surface area (Å²) in [6.45, 7) is 4.93. The Hall–Kier alpha value is -0.920. The van der Waals surface area contributed by atoms with E-state index in [1.54, 1.807) is 0 Å². The Bertz CT molecular complexity index is 513. The quantitative estimate of drug-likeness (QED) is 0.786. The number of amides is 2. The molecule has 122 valence electrons. The number of likely N-dealkylation sites (tertiary alicyclic amines) is 1. The molecule has 0 atom stereocenters. The van der Waals surface area contributed by atoms with E-state index in [9.17, 15) is 9.59 Å². The van der Waals surface area contributed by atoms with E-state index in [0.29, 0.717) is 12.1 Å². The van der Waals surface area contributed by atoms with Crippen LogP contribution in [-0.2, 0) is 4.79 Å². The number of hydrogen-bond acceptors (Lipinski definition) is 4. The van der Waals surface area contributed by atoms with Gasteiger partial charge in [-0.3, -0.25) is 14.5 Å². The van der Waals surface area contributed by atoms with Gasteiger partial charge in [0, 0.05) is 31.1 Å². The molecular weight excluding hydrogens is 366 g/mol. The lowest BCUT2D eigenvalue weighted by molar-refractivity contribution is -0.122. The predicted octanol–water partition coefficient (Wildman–Crippen LogP) is 2.23. The molecule has 7 heteroatoms. The van der Waals surface area contributed by atoms with Crippen molar-refractivity contribution in [3.63, 3.8) is 0 Å². The van der Waals surface area contributed by atoms with Gasteiger partial charge in [-0.25, -0.2) is 0 Å². The average Bonchev–Trinajstić information content (AvgIpc) is 2.94. The van der Waals surface area contributed by atoms with Crippen LogP contribution >= 0.6 is 27.3 Å². The summed E-state index contributed by atoms with van der Waals surface area (Å²) >= 11 is 4.88. The topological polar surface area (TPSA) is 61.4 Å². The van der Waals surface area contributed by atoms with Gasteiger partial charge in [-0.15, -0.1) is 11.3 Å². The highest BCUT2D eigenvalue weighted by Crippen LogP contribution is 2.21. The van der Waals surface area contributed by atoms with Crippen LogP contribution in [0.4, 0.5) is 0 Å². The summed E-state index contributed by atoms with van der Waals surface area (Å²) in [5.74, 6) is 0.0774. The van der Waals surface area contributed by atoms with Gasteiger partial charge < -0.3 is 10.6 Å². The molecule has 0 bridgehead atoms. The molecule has 0 unspecified atom stereocenters. The van der Waals surface area contributed by atoms with Crippen molar-refractivity contribution in [2.45, 2.75) is 32.2 Å². The van der Waals surface area contributed by atoms with Gasteiger partial charge in [0.15, 0.2) is 0 Å². The van der Waals surface area contributed by atoms with Crippen LogP contribution < -0.4 is 10.6 Å². The van der Waals surface area contributed by atoms with Crippen molar-refractivity contribution in [1.82, 2.24) is 15.5 Å². The second-order valence-electron chi connectivity index (χ2n) is 5.51. The second-order valence-corrected chi connectivity index (χ2v) is 7.80. The fourth-order valence-electron chi connectivity index (χ4n) is 2.46. The van der Waals surface area contributed by atoms with Crippen LogP contribution in [0.1, 0.15) is 36.5 Å². The average molecular weight is 388 g/mol. The molecule has 1 aliphatic heterocycles. The molecule has 1 aliphatic rings. The molecule has 0 radical (unpaired) electrons. The van der Waals surface area contributed by atoms with E-state index in [1.807, 2.05) is 18.4 Å². The van der Waals surface area contributed by atoms with Crippen molar-refractivity contribution in [2.75, 3.05) is 26.2 Å². The van der Waals surface area contributed by atoms with Gasteiger partial charge in [-0.2, -0.15) is 0 Å². The van der Waals surface area contributed by atoms with Crippen molar-refractivity contribution in [2.24, 2.45) is 0 Å². The van der Waals surface area contributed by atoms with Crippen molar-refractivity contribution < 1.29 is 9.59 Å². The molecule has 1 aromatic heterocycles. The van der Waals surface area contributed by atoms with Gasteiger partial charge in [-0.05, 0) is 41.3 Å². The number of rotatable bonds is 6. The highest BCUT2D eigenvalue weighted by molar-refractivity contribution is 9.11. The van der Waals surface area contributed by atoms with Gasteiger partial charge in [0.25, 0.3) is 5.91 Å². The normalized spacial score (nSPS) is 16.5. The molecule has 0 aliphatic carbocycles. The van der Waals surface area contributed by atoms with Gasteiger partial charge in [0.05, 0.1) is 15.9 Å². The number of nitrogens with one attached hydrogen (secondary N) is 2. The summed E-state index contributed by atoms with van der Waals surface area (Å²) in [6, 6.07) is 2.04. The van der Waals surface area contributed by atoms with Crippen molar-refractivity contribution in [3.8, 4) is 0 Å². The van der Waals surface area contributed by atoms with E-state index in [4.69, 9.17) is 0 Å². The number of hydrogen-bond donors (Lipinski definition) is 2. The summed E-state index contributed by atoms with van der Waals surface area (Å²) in [6.07, 6.45) is 2.73. The Labute approximate surface area is 143 Å². The minimum absolute atomic E-state index is 0.0129. The van der Waals surface area contributed by atoms with E-state index in [2.05, 4.69) is 31.5 Å². The molecular formula is C15H22BrN3O2S. The van der Waals surface area contributed by atoms with Crippen LogP contribution in [0.2, 0.25) is 0 Å². The number of thiophene rings is 1. The third kappa shape index (κ3) is 5.37. The van der Waals surface area contributed by atoms with Crippen molar-refractivity contribution in [1.29, 1.82) is 0 Å². The molecule has 1 saturated heterocycles. The van der Waals surface area contributed by atoms with E-state index in [0.717, 1.165) is 42.7 Å². The molecule has 2 amide bonds. The summed E-state index contributed by atoms with van der Waals surface area (Å²) in [5, 5.41) is 7.82. The zero-order valence-electron chi connectivity index (χ0n) is 12.7. The SMILES string of the molecule is CCCNC(=O)CN1CCC(NC(=O)c2csc(Br)c2)CC1. The monoisotopic (exact) mass is 387 g/mol. The summed E-state index contributed by atoms with van der Waals surface area (Å²) < 4.78 is 0.963. The standard InChI is InChI=1S/C15H22BrN3O2S/c1-2-5-17-14(20)9-19-6-3-12(4-7-19)18-15(21)11-8-13(16)22-10-11/h8,10,12H,2-7,9H2,1H3,(H,17,20)(H,18,21). The smallest absolute Gasteiger partial charge is 0.252 e. The maximum Gasteiger partial charge on any atom is 0.252 e. The first-order chi connectivity index (χ1) is 10.6. The predicted molar refractivity (Wildman–Crippen MR) is 92.2 cm³/mol. The molecule has 22 heavy (non-hydrogen) atoms. The minimum Gasteiger partial charge on any atom is -0.355 e. The molecule has 0 spiro atoms. The van der Waals surface area contributed by atoms with E-state index in [-0.39, 0.29) is 17.9 Å². The van der Waals surface area contributed by atoms with Gasteiger partial charge >= 0.3 is 0 Å². The third-order valence-corrected chi connectivity index (χ3v) is 5.20. The van der Waals surface area contributed by atoms with Crippen LogP contribution in [-0.4, -0.2) is 48.9 Å². The van der Waals surface area contributed by atoms with Crippen LogP contribution in [0.15, 0.2) is 15.2 Å². The van der Waals surface area contributed by atoms with Gasteiger partial charge in [-0.1, -0.05) is 6.92 Å². The second kappa shape index (κ2) is 8.64. The van der Waals surface area contributed by atoms with Crippen LogP contribution in [0.3, 0.4) is 0 Å². The maximum absolute atomic E-state index is 12.1. The number of piperidine rings is 1. The first kappa shape index (κ1) is 17.4. The molecule has 2 N–H and O–H groups in total.